The van der Waals surface area contributed by atoms with Gasteiger partial charge in [-0.1, -0.05) is 68.9 Å². The molecule has 3 rings (SSSR count). The van der Waals surface area contributed by atoms with Crippen molar-refractivity contribution in [2.45, 2.75) is 44.8 Å². The number of para-hydroxylation sites is 1. The molecule has 0 spiro atoms. The van der Waals surface area contributed by atoms with Gasteiger partial charge in [0.15, 0.2) is 5.17 Å². The Kier molecular flexibility index (Phi) is 7.47. The summed E-state index contributed by atoms with van der Waals surface area (Å²) in [6.45, 7) is 7.07. The minimum Gasteiger partial charge on any atom is -0.493 e. The second-order valence-corrected chi connectivity index (χ2v) is 8.42. The van der Waals surface area contributed by atoms with Crippen LogP contribution in [0.1, 0.15) is 49.8 Å². The number of rotatable bonds is 8. The number of nitrogens with zero attached hydrogens (tertiary/aromatic N) is 2. The molecule has 1 aliphatic rings. The number of amides is 1. The molecule has 1 atom stereocenters. The standard InChI is InChI=1S/C23H27N3O2S/c1-4-13-28-20-8-6-5-7-19(20)15-24-26-23-25-22(27)21(29-23)14-17-9-11-18(12-10-17)16(2)3/h5-12,15-16,21H,4,13-14H2,1-3H3,(H,25,26,27)/b24-15+. The number of ether oxygens (including phenoxy) is 1. The molecule has 0 bridgehead atoms. The largest absolute Gasteiger partial charge is 0.493 e. The third-order valence-corrected chi connectivity index (χ3v) is 5.64. The lowest BCUT2D eigenvalue weighted by molar-refractivity contribution is -0.118. The zero-order chi connectivity index (χ0) is 20.6. The molecule has 2 aromatic rings. The van der Waals surface area contributed by atoms with Gasteiger partial charge in [0.2, 0.25) is 5.91 Å². The summed E-state index contributed by atoms with van der Waals surface area (Å²) in [6, 6.07) is 16.2. The van der Waals surface area contributed by atoms with Crippen LogP contribution in [-0.2, 0) is 11.2 Å². The second-order valence-electron chi connectivity index (χ2n) is 7.23. The maximum atomic E-state index is 12.3. The van der Waals surface area contributed by atoms with E-state index in [4.69, 9.17) is 4.74 Å². The number of hydrogen-bond acceptors (Lipinski definition) is 5. The molecule has 0 aromatic heterocycles. The Bertz CT molecular complexity index is 891. The molecule has 0 saturated carbocycles. The van der Waals surface area contributed by atoms with E-state index in [0.29, 0.717) is 24.1 Å². The molecular formula is C23H27N3O2S. The quantitative estimate of drug-likeness (QED) is 0.505. The van der Waals surface area contributed by atoms with Crippen LogP contribution in [0.4, 0.5) is 0 Å². The Morgan fingerprint density at radius 1 is 1.17 bits per heavy atom. The van der Waals surface area contributed by atoms with Gasteiger partial charge in [-0.3, -0.25) is 4.79 Å². The molecule has 29 heavy (non-hydrogen) atoms. The fourth-order valence-corrected chi connectivity index (χ4v) is 3.88. The van der Waals surface area contributed by atoms with Crippen LogP contribution >= 0.6 is 11.8 Å². The molecule has 1 amide bonds. The van der Waals surface area contributed by atoms with Crippen molar-refractivity contribution in [2.75, 3.05) is 6.61 Å². The van der Waals surface area contributed by atoms with Crippen LogP contribution in [-0.4, -0.2) is 29.1 Å². The topological polar surface area (TPSA) is 63.1 Å². The van der Waals surface area contributed by atoms with Gasteiger partial charge in [-0.05, 0) is 42.0 Å². The summed E-state index contributed by atoms with van der Waals surface area (Å²) in [4.78, 5) is 12.3. The number of carbonyl (C=O) groups is 1. The minimum absolute atomic E-state index is 0.0245. The van der Waals surface area contributed by atoms with Crippen molar-refractivity contribution in [2.24, 2.45) is 10.2 Å². The van der Waals surface area contributed by atoms with Crippen LogP contribution in [0.3, 0.4) is 0 Å². The van der Waals surface area contributed by atoms with Crippen LogP contribution in [0.25, 0.3) is 0 Å². The molecule has 0 aliphatic carbocycles. The summed E-state index contributed by atoms with van der Waals surface area (Å²) in [7, 11) is 0. The van der Waals surface area contributed by atoms with Crippen molar-refractivity contribution < 1.29 is 9.53 Å². The Morgan fingerprint density at radius 3 is 2.66 bits per heavy atom. The summed E-state index contributed by atoms with van der Waals surface area (Å²) < 4.78 is 5.72. The summed E-state index contributed by atoms with van der Waals surface area (Å²) in [5, 5.41) is 11.5. The molecule has 2 aromatic carbocycles. The van der Waals surface area contributed by atoms with E-state index in [0.717, 1.165) is 23.3 Å². The van der Waals surface area contributed by atoms with Crippen LogP contribution in [0.15, 0.2) is 58.7 Å². The fraction of sp³-hybridized carbons (Fsp3) is 0.348. The van der Waals surface area contributed by atoms with E-state index < -0.39 is 0 Å². The van der Waals surface area contributed by atoms with Crippen LogP contribution in [0, 0.1) is 0 Å². The molecule has 1 fully saturated rings. The lowest BCUT2D eigenvalue weighted by Crippen LogP contribution is -2.25. The number of hydrogen-bond donors (Lipinski definition) is 1. The fourth-order valence-electron chi connectivity index (χ4n) is 2.91. The Morgan fingerprint density at radius 2 is 1.93 bits per heavy atom. The molecular weight excluding hydrogens is 382 g/mol. The Hall–Kier alpha value is -2.60. The average molecular weight is 410 g/mol. The third-order valence-electron chi connectivity index (χ3n) is 4.57. The Labute approximate surface area is 176 Å². The summed E-state index contributed by atoms with van der Waals surface area (Å²) in [5.41, 5.74) is 3.31. The highest BCUT2D eigenvalue weighted by molar-refractivity contribution is 8.15. The van der Waals surface area contributed by atoms with Gasteiger partial charge in [-0.2, -0.15) is 5.10 Å². The number of carbonyl (C=O) groups excluding carboxylic acids is 1. The highest BCUT2D eigenvalue weighted by atomic mass is 32.2. The summed E-state index contributed by atoms with van der Waals surface area (Å²) in [6.07, 6.45) is 3.27. The maximum Gasteiger partial charge on any atom is 0.239 e. The zero-order valence-electron chi connectivity index (χ0n) is 17.1. The van der Waals surface area contributed by atoms with Crippen molar-refractivity contribution in [3.8, 4) is 5.75 Å². The first-order valence-electron chi connectivity index (χ1n) is 9.96. The lowest BCUT2D eigenvalue weighted by atomic mass is 10.0. The first kappa shape index (κ1) is 21.1. The summed E-state index contributed by atoms with van der Waals surface area (Å²) in [5.74, 6) is 1.26. The smallest absolute Gasteiger partial charge is 0.239 e. The van der Waals surface area contributed by atoms with E-state index in [9.17, 15) is 4.79 Å². The first-order valence-corrected chi connectivity index (χ1v) is 10.8. The second kappa shape index (κ2) is 10.3. The van der Waals surface area contributed by atoms with Gasteiger partial charge in [-0.25, -0.2) is 0 Å². The normalized spacial score (nSPS) is 18.0. The maximum absolute atomic E-state index is 12.3. The first-order chi connectivity index (χ1) is 14.1. The lowest BCUT2D eigenvalue weighted by Gasteiger charge is -2.08. The van der Waals surface area contributed by atoms with Crippen molar-refractivity contribution in [3.63, 3.8) is 0 Å². The van der Waals surface area contributed by atoms with Crippen LogP contribution in [0.2, 0.25) is 0 Å². The van der Waals surface area contributed by atoms with E-state index in [1.54, 1.807) is 6.21 Å². The Balaban J connectivity index is 1.61. The number of thioether (sulfide) groups is 1. The molecule has 6 heteroatoms. The van der Waals surface area contributed by atoms with E-state index in [-0.39, 0.29) is 11.2 Å². The number of benzene rings is 2. The molecule has 1 saturated heterocycles. The van der Waals surface area contributed by atoms with Crippen LogP contribution < -0.4 is 10.1 Å². The van der Waals surface area contributed by atoms with Gasteiger partial charge in [0.1, 0.15) is 5.75 Å². The van der Waals surface area contributed by atoms with E-state index >= 15 is 0 Å². The molecule has 1 unspecified atom stereocenters. The minimum atomic E-state index is -0.186. The number of nitrogens with one attached hydrogen (secondary N) is 1. The van der Waals surface area contributed by atoms with Crippen molar-refractivity contribution in [3.05, 3.63) is 65.2 Å². The summed E-state index contributed by atoms with van der Waals surface area (Å²) >= 11 is 1.42. The van der Waals surface area contributed by atoms with Gasteiger partial charge in [0.25, 0.3) is 0 Å². The SMILES string of the molecule is CCCOc1ccccc1/C=N/N=C1\NC(=O)C(Cc2ccc(C(C)C)cc2)S1. The molecule has 1 aliphatic heterocycles. The van der Waals surface area contributed by atoms with Gasteiger partial charge in [-0.15, -0.1) is 5.10 Å². The van der Waals surface area contributed by atoms with Gasteiger partial charge in [0, 0.05) is 5.56 Å². The molecule has 152 valence electrons. The van der Waals surface area contributed by atoms with Crippen LogP contribution in [0.5, 0.6) is 5.75 Å². The molecule has 1 N–H and O–H groups in total. The average Bonchev–Trinajstić information content (AvgIpc) is 3.06. The van der Waals surface area contributed by atoms with Gasteiger partial charge in [0.05, 0.1) is 18.1 Å². The molecule has 0 radical (unpaired) electrons. The highest BCUT2D eigenvalue weighted by Crippen LogP contribution is 2.24. The van der Waals surface area contributed by atoms with Gasteiger partial charge >= 0.3 is 0 Å². The predicted molar refractivity (Wildman–Crippen MR) is 121 cm³/mol. The van der Waals surface area contributed by atoms with Crippen molar-refractivity contribution >= 4 is 29.1 Å². The highest BCUT2D eigenvalue weighted by Gasteiger charge is 2.30. The monoisotopic (exact) mass is 409 g/mol. The number of amidine groups is 1. The predicted octanol–water partition coefficient (Wildman–Crippen LogP) is 4.76. The molecule has 5 nitrogen and oxygen atoms in total. The van der Waals surface area contributed by atoms with E-state index in [1.165, 1.54) is 17.3 Å². The molecule has 1 heterocycles. The van der Waals surface area contributed by atoms with Gasteiger partial charge < -0.3 is 10.1 Å². The van der Waals surface area contributed by atoms with E-state index in [2.05, 4.69) is 60.6 Å². The van der Waals surface area contributed by atoms with E-state index in [1.807, 2.05) is 24.3 Å². The third kappa shape index (κ3) is 5.94. The zero-order valence-corrected chi connectivity index (χ0v) is 17.9. The van der Waals surface area contributed by atoms with Crippen molar-refractivity contribution in [1.29, 1.82) is 0 Å². The van der Waals surface area contributed by atoms with Crippen molar-refractivity contribution in [1.82, 2.24) is 5.32 Å².